The lowest BCUT2D eigenvalue weighted by Crippen LogP contribution is -2.56. The van der Waals surface area contributed by atoms with E-state index in [1.54, 1.807) is 74.2 Å². The molecule has 0 saturated carbocycles. The van der Waals surface area contributed by atoms with E-state index in [0.717, 1.165) is 0 Å². The summed E-state index contributed by atoms with van der Waals surface area (Å²) in [5.74, 6) is -0.421. The van der Waals surface area contributed by atoms with Crippen LogP contribution in [-0.2, 0) is 28.5 Å². The van der Waals surface area contributed by atoms with E-state index in [1.165, 1.54) is 0 Å². The zero-order chi connectivity index (χ0) is 34.1. The average Bonchev–Trinajstić information content (AvgIpc) is 3.04. The Hall–Kier alpha value is -2.53. The molecule has 0 spiro atoms. The molecule has 262 valence electrons. The van der Waals surface area contributed by atoms with E-state index in [1.807, 2.05) is 12.1 Å². The van der Waals surface area contributed by atoms with E-state index in [-0.39, 0.29) is 45.7 Å². The highest BCUT2D eigenvalue weighted by Gasteiger charge is 2.42. The largest absolute Gasteiger partial charge is 0.460 e. The molecule has 13 heteroatoms. The van der Waals surface area contributed by atoms with Crippen LogP contribution in [0.25, 0.3) is 0 Å². The fourth-order valence-corrected chi connectivity index (χ4v) is 5.57. The number of carbonyl (C=O) groups is 1. The number of carbonyl (C=O) groups excluding carboxylic acids is 1. The maximum absolute atomic E-state index is 12.3. The highest BCUT2D eigenvalue weighted by Crippen LogP contribution is 2.30. The van der Waals surface area contributed by atoms with Gasteiger partial charge in [0.2, 0.25) is 0 Å². The normalized spacial score (nSPS) is 28.0. The average molecular weight is 664 g/mol. The second kappa shape index (κ2) is 17.2. The van der Waals surface area contributed by atoms with Crippen LogP contribution in [0.4, 0.5) is 0 Å². The smallest absolute Gasteiger partial charge is 0.306 e. The number of ether oxygens (including phenoxy) is 5. The third kappa shape index (κ3) is 11.0. The predicted molar refractivity (Wildman–Crippen MR) is 168 cm³/mol. The molecule has 47 heavy (non-hydrogen) atoms. The zero-order valence-electron chi connectivity index (χ0n) is 27.1. The quantitative estimate of drug-likeness (QED) is 0.156. The van der Waals surface area contributed by atoms with Gasteiger partial charge in [-0.2, -0.15) is 0 Å². The molecule has 2 aromatic carbocycles. The molecule has 0 bridgehead atoms. The molecule has 2 aliphatic heterocycles. The first-order valence-corrected chi connectivity index (χ1v) is 16.0. The number of benzene rings is 2. The SMILES string of the molecule is CC(C)(C)OC(=O)CCCN(C[C@H](O)[C@@H](O)[C@@H]1OC(c2ccccc2)OC[C@H]1O)C[C@H](O)[C@@H](O)[C@@H]1OC(c2ccccc2)OC[C@H]1O. The molecule has 2 heterocycles. The van der Waals surface area contributed by atoms with Crippen molar-refractivity contribution in [3.05, 3.63) is 71.8 Å². The van der Waals surface area contributed by atoms with Gasteiger partial charge in [0.1, 0.15) is 42.2 Å². The molecule has 0 amide bonds. The van der Waals surface area contributed by atoms with Crippen molar-refractivity contribution in [2.24, 2.45) is 0 Å². The number of aliphatic hydroxyl groups excluding tert-OH is 6. The highest BCUT2D eigenvalue weighted by molar-refractivity contribution is 5.69. The van der Waals surface area contributed by atoms with Crippen molar-refractivity contribution >= 4 is 5.97 Å². The van der Waals surface area contributed by atoms with E-state index < -0.39 is 73.0 Å². The van der Waals surface area contributed by atoms with E-state index in [0.29, 0.717) is 11.1 Å². The first-order valence-electron chi connectivity index (χ1n) is 16.0. The number of hydrogen-bond acceptors (Lipinski definition) is 13. The highest BCUT2D eigenvalue weighted by atomic mass is 16.7. The van der Waals surface area contributed by atoms with Gasteiger partial charge in [0.05, 0.1) is 25.4 Å². The minimum Gasteiger partial charge on any atom is -0.460 e. The fourth-order valence-electron chi connectivity index (χ4n) is 5.57. The van der Waals surface area contributed by atoms with Crippen molar-refractivity contribution in [2.45, 2.75) is 101 Å². The van der Waals surface area contributed by atoms with E-state index >= 15 is 0 Å². The van der Waals surface area contributed by atoms with Crippen LogP contribution in [0.3, 0.4) is 0 Å². The molecule has 2 aliphatic rings. The third-order valence-corrected chi connectivity index (χ3v) is 7.93. The van der Waals surface area contributed by atoms with Crippen LogP contribution in [0, 0.1) is 0 Å². The summed E-state index contributed by atoms with van der Waals surface area (Å²) in [7, 11) is 0. The molecular formula is C34H49NO12. The number of aliphatic hydroxyl groups is 6. The lowest BCUT2D eigenvalue weighted by molar-refractivity contribution is -0.285. The molecule has 10 atom stereocenters. The van der Waals surface area contributed by atoms with Crippen molar-refractivity contribution in [1.82, 2.24) is 4.90 Å². The number of hydrogen-bond donors (Lipinski definition) is 6. The summed E-state index contributed by atoms with van der Waals surface area (Å²) in [6.45, 7) is 4.76. The minimum atomic E-state index is -1.55. The first-order chi connectivity index (χ1) is 22.3. The molecule has 2 unspecified atom stereocenters. The van der Waals surface area contributed by atoms with E-state index in [9.17, 15) is 35.4 Å². The summed E-state index contributed by atoms with van der Waals surface area (Å²) in [6, 6.07) is 18.0. The summed E-state index contributed by atoms with van der Waals surface area (Å²) in [5, 5.41) is 65.6. The van der Waals surface area contributed by atoms with Crippen molar-refractivity contribution < 1.29 is 59.1 Å². The summed E-state index contributed by atoms with van der Waals surface area (Å²) in [5.41, 5.74) is 0.694. The van der Waals surface area contributed by atoms with Gasteiger partial charge in [-0.05, 0) is 33.7 Å². The number of rotatable bonds is 14. The monoisotopic (exact) mass is 663 g/mol. The standard InChI is InChI=1S/C34H49NO12/c1-34(2,3)47-27(40)15-10-16-35(17-23(36)28(41)30-25(38)19-43-32(45-30)21-11-6-4-7-12-21)18-24(37)29(42)31-26(39)20-44-33(46-31)22-13-8-5-9-14-22/h4-9,11-14,23-26,28-33,36-39,41-42H,10,15-20H2,1-3H3/t23-,24-,25+,26+,28+,29+,30+,31+,32?,33?/m0/s1. The zero-order valence-corrected chi connectivity index (χ0v) is 27.1. The van der Waals surface area contributed by atoms with Crippen molar-refractivity contribution in [3.8, 4) is 0 Å². The van der Waals surface area contributed by atoms with Crippen LogP contribution >= 0.6 is 0 Å². The van der Waals surface area contributed by atoms with Crippen LogP contribution in [0.15, 0.2) is 60.7 Å². The van der Waals surface area contributed by atoms with Crippen LogP contribution in [0.5, 0.6) is 0 Å². The van der Waals surface area contributed by atoms with Crippen molar-refractivity contribution in [1.29, 1.82) is 0 Å². The summed E-state index contributed by atoms with van der Waals surface area (Å²) >= 11 is 0. The van der Waals surface area contributed by atoms with E-state index in [4.69, 9.17) is 23.7 Å². The molecule has 2 fully saturated rings. The lowest BCUT2D eigenvalue weighted by Gasteiger charge is -2.40. The summed E-state index contributed by atoms with van der Waals surface area (Å²) in [4.78, 5) is 13.9. The molecule has 13 nitrogen and oxygen atoms in total. The number of esters is 1. The minimum absolute atomic E-state index is 0.0478. The molecule has 0 radical (unpaired) electrons. The Morgan fingerprint density at radius 2 is 1.21 bits per heavy atom. The van der Waals surface area contributed by atoms with E-state index in [2.05, 4.69) is 0 Å². The van der Waals surface area contributed by atoms with Crippen LogP contribution < -0.4 is 0 Å². The molecule has 0 aromatic heterocycles. The van der Waals surface area contributed by atoms with Gasteiger partial charge in [0, 0.05) is 30.6 Å². The molecular weight excluding hydrogens is 614 g/mol. The summed E-state index contributed by atoms with van der Waals surface area (Å²) in [6.07, 6.45) is -12.3. The van der Waals surface area contributed by atoms with Gasteiger partial charge < -0.3 is 54.3 Å². The Labute approximate surface area is 275 Å². The molecule has 2 saturated heterocycles. The topological polar surface area (TPSA) is 188 Å². The molecule has 4 rings (SSSR count). The Bertz CT molecular complexity index is 1140. The van der Waals surface area contributed by atoms with Gasteiger partial charge >= 0.3 is 5.97 Å². The Balaban J connectivity index is 1.42. The van der Waals surface area contributed by atoms with Gasteiger partial charge in [0.25, 0.3) is 0 Å². The Morgan fingerprint density at radius 3 is 1.62 bits per heavy atom. The van der Waals surface area contributed by atoms with Crippen LogP contribution in [0.2, 0.25) is 0 Å². The second-order valence-corrected chi connectivity index (χ2v) is 13.1. The predicted octanol–water partition coefficient (Wildman–Crippen LogP) is 0.804. The fraction of sp³-hybridized carbons (Fsp3) is 0.618. The van der Waals surface area contributed by atoms with Crippen LogP contribution in [-0.4, -0.2) is 129 Å². The first kappa shape index (κ1) is 37.3. The van der Waals surface area contributed by atoms with Gasteiger partial charge in [-0.3, -0.25) is 9.69 Å². The van der Waals surface area contributed by atoms with Crippen molar-refractivity contribution in [2.75, 3.05) is 32.8 Å². The van der Waals surface area contributed by atoms with Gasteiger partial charge in [-0.1, -0.05) is 60.7 Å². The second-order valence-electron chi connectivity index (χ2n) is 13.1. The lowest BCUT2D eigenvalue weighted by atomic mass is 9.99. The van der Waals surface area contributed by atoms with Gasteiger partial charge in [0.15, 0.2) is 12.6 Å². The molecule has 2 aromatic rings. The third-order valence-electron chi connectivity index (χ3n) is 7.93. The van der Waals surface area contributed by atoms with Crippen molar-refractivity contribution in [3.63, 3.8) is 0 Å². The van der Waals surface area contributed by atoms with Gasteiger partial charge in [-0.25, -0.2) is 0 Å². The van der Waals surface area contributed by atoms with Crippen LogP contribution in [0.1, 0.15) is 57.3 Å². The molecule has 0 aliphatic carbocycles. The maximum atomic E-state index is 12.3. The summed E-state index contributed by atoms with van der Waals surface area (Å²) < 4.78 is 28.3. The maximum Gasteiger partial charge on any atom is 0.306 e. The molecule has 6 N–H and O–H groups in total. The Morgan fingerprint density at radius 1 is 0.787 bits per heavy atom. The number of nitrogens with zero attached hydrogens (tertiary/aromatic N) is 1. The van der Waals surface area contributed by atoms with Gasteiger partial charge in [-0.15, -0.1) is 0 Å². The Kier molecular flexibility index (Phi) is 13.7.